The van der Waals surface area contributed by atoms with E-state index in [-0.39, 0.29) is 16.9 Å². The Balaban J connectivity index is 1.72. The fourth-order valence-corrected chi connectivity index (χ4v) is 7.71. The summed E-state index contributed by atoms with van der Waals surface area (Å²) in [5.74, 6) is 1.92. The van der Waals surface area contributed by atoms with Gasteiger partial charge in [-0.15, -0.1) is 6.58 Å². The molecule has 0 aromatic carbocycles. The minimum atomic E-state index is -0.696. The van der Waals surface area contributed by atoms with Gasteiger partial charge in [-0.2, -0.15) is 0 Å². The van der Waals surface area contributed by atoms with Crippen molar-refractivity contribution in [3.05, 3.63) is 36.0 Å². The van der Waals surface area contributed by atoms with Crippen molar-refractivity contribution in [2.75, 3.05) is 0 Å². The van der Waals surface area contributed by atoms with E-state index in [1.165, 1.54) is 24.0 Å². The SMILES string of the molecule is C=CCC1(O)C[C@H]2C3CC=C4CC(O)CCC4(C)[C@H]3CCC2(C)/C1=C\C. The summed E-state index contributed by atoms with van der Waals surface area (Å²) in [6.45, 7) is 10.9. The van der Waals surface area contributed by atoms with Crippen LogP contribution in [0.2, 0.25) is 0 Å². The lowest BCUT2D eigenvalue weighted by atomic mass is 9.48. The molecule has 0 bridgehead atoms. The number of fused-ring (bicyclic) bond motifs is 5. The van der Waals surface area contributed by atoms with Gasteiger partial charge in [-0.25, -0.2) is 0 Å². The third-order valence-electron chi connectivity index (χ3n) is 8.91. The van der Waals surface area contributed by atoms with Gasteiger partial charge in [-0.3, -0.25) is 0 Å². The van der Waals surface area contributed by atoms with Crippen LogP contribution in [0.25, 0.3) is 0 Å². The Bertz CT molecular complexity index is 661. The van der Waals surface area contributed by atoms with Gasteiger partial charge in [-0.05, 0) is 92.4 Å². The second-order valence-electron chi connectivity index (χ2n) is 10.0. The molecule has 7 atom stereocenters. The van der Waals surface area contributed by atoms with Crippen LogP contribution >= 0.6 is 0 Å². The van der Waals surface area contributed by atoms with Crippen molar-refractivity contribution < 1.29 is 10.2 Å². The van der Waals surface area contributed by atoms with E-state index < -0.39 is 5.60 Å². The van der Waals surface area contributed by atoms with E-state index in [9.17, 15) is 10.2 Å². The van der Waals surface area contributed by atoms with Crippen LogP contribution in [0.3, 0.4) is 0 Å². The molecule has 4 aliphatic carbocycles. The number of hydrogen-bond donors (Lipinski definition) is 2. The molecule has 144 valence electrons. The molecule has 0 saturated heterocycles. The van der Waals surface area contributed by atoms with Gasteiger partial charge < -0.3 is 10.2 Å². The van der Waals surface area contributed by atoms with Gasteiger partial charge in [0.15, 0.2) is 0 Å². The molecule has 26 heavy (non-hydrogen) atoms. The minimum absolute atomic E-state index is 0.129. The zero-order valence-corrected chi connectivity index (χ0v) is 16.8. The molecule has 0 heterocycles. The Morgan fingerprint density at radius 3 is 2.62 bits per heavy atom. The Morgan fingerprint density at radius 2 is 1.92 bits per heavy atom. The van der Waals surface area contributed by atoms with Gasteiger partial charge in [0.25, 0.3) is 0 Å². The lowest BCUT2D eigenvalue weighted by Crippen LogP contribution is -2.49. The molecule has 2 N–H and O–H groups in total. The maximum atomic E-state index is 11.5. The molecule has 4 rings (SSSR count). The molecule has 3 saturated carbocycles. The lowest BCUT2D eigenvalue weighted by Gasteiger charge is -2.57. The van der Waals surface area contributed by atoms with E-state index >= 15 is 0 Å². The first-order valence-corrected chi connectivity index (χ1v) is 10.7. The van der Waals surface area contributed by atoms with Crippen LogP contribution in [-0.4, -0.2) is 21.9 Å². The highest BCUT2D eigenvalue weighted by Crippen LogP contribution is 2.68. The summed E-state index contributed by atoms with van der Waals surface area (Å²) in [6, 6.07) is 0. The van der Waals surface area contributed by atoms with Gasteiger partial charge in [-0.1, -0.05) is 37.6 Å². The largest absolute Gasteiger partial charge is 0.393 e. The highest BCUT2D eigenvalue weighted by atomic mass is 16.3. The molecule has 4 aliphatic rings. The molecule has 3 fully saturated rings. The summed E-state index contributed by atoms with van der Waals surface area (Å²) in [7, 11) is 0. The molecule has 0 aliphatic heterocycles. The summed E-state index contributed by atoms with van der Waals surface area (Å²) in [5.41, 5.74) is 2.49. The Hall–Kier alpha value is -0.860. The molecule has 0 aromatic heterocycles. The Morgan fingerprint density at radius 1 is 1.19 bits per heavy atom. The standard InChI is InChI=1S/C24H36O2/c1-5-11-24(26)15-20-18-8-7-16-14-17(25)9-12-22(16,3)19(18)10-13-23(20,4)21(24)6-2/h5-7,17-20,25-26H,1,8-15H2,2-4H3/b21-6+/t17?,18?,19-,20-,22?,23?,24?/m0/s1. The third kappa shape index (κ3) is 2.37. The summed E-state index contributed by atoms with van der Waals surface area (Å²) in [6.07, 6.45) is 14.5. The number of aliphatic hydroxyl groups is 2. The van der Waals surface area contributed by atoms with Gasteiger partial charge >= 0.3 is 0 Å². The molecule has 2 nitrogen and oxygen atoms in total. The molecule has 0 radical (unpaired) electrons. The monoisotopic (exact) mass is 356 g/mol. The third-order valence-corrected chi connectivity index (χ3v) is 8.91. The predicted octanol–water partition coefficient (Wildman–Crippen LogP) is 5.17. The zero-order valence-electron chi connectivity index (χ0n) is 16.8. The van der Waals surface area contributed by atoms with Crippen LogP contribution in [0.5, 0.6) is 0 Å². The van der Waals surface area contributed by atoms with Crippen molar-refractivity contribution in [2.24, 2.45) is 28.6 Å². The van der Waals surface area contributed by atoms with Crippen molar-refractivity contribution >= 4 is 0 Å². The quantitative estimate of drug-likeness (QED) is 0.670. The number of rotatable bonds is 2. The van der Waals surface area contributed by atoms with E-state index in [1.807, 2.05) is 6.08 Å². The van der Waals surface area contributed by atoms with Gasteiger partial charge in [0.1, 0.15) is 0 Å². The highest BCUT2D eigenvalue weighted by Gasteiger charge is 2.62. The van der Waals surface area contributed by atoms with E-state index in [1.54, 1.807) is 0 Å². The fraction of sp³-hybridized carbons (Fsp3) is 0.750. The summed E-state index contributed by atoms with van der Waals surface area (Å²) >= 11 is 0. The molecule has 0 spiro atoms. The number of hydrogen-bond acceptors (Lipinski definition) is 2. The van der Waals surface area contributed by atoms with Crippen LogP contribution in [0, 0.1) is 28.6 Å². The van der Waals surface area contributed by atoms with E-state index in [0.717, 1.165) is 32.1 Å². The van der Waals surface area contributed by atoms with E-state index in [2.05, 4.69) is 39.5 Å². The summed E-state index contributed by atoms with van der Waals surface area (Å²) in [4.78, 5) is 0. The van der Waals surface area contributed by atoms with Gasteiger partial charge in [0.2, 0.25) is 0 Å². The van der Waals surface area contributed by atoms with E-state index in [4.69, 9.17) is 0 Å². The second kappa shape index (κ2) is 6.07. The van der Waals surface area contributed by atoms with Crippen LogP contribution in [0.1, 0.15) is 72.1 Å². The zero-order chi connectivity index (χ0) is 18.7. The molecular formula is C24H36O2. The first kappa shape index (κ1) is 18.5. The Labute approximate surface area is 159 Å². The molecule has 0 amide bonds. The molecule has 5 unspecified atom stereocenters. The maximum absolute atomic E-state index is 11.5. The van der Waals surface area contributed by atoms with Crippen LogP contribution in [0.4, 0.5) is 0 Å². The van der Waals surface area contributed by atoms with Gasteiger partial charge in [0, 0.05) is 0 Å². The van der Waals surface area contributed by atoms with Crippen molar-refractivity contribution in [3.8, 4) is 0 Å². The summed E-state index contributed by atoms with van der Waals surface area (Å²) in [5, 5.41) is 21.6. The van der Waals surface area contributed by atoms with Crippen LogP contribution in [-0.2, 0) is 0 Å². The van der Waals surface area contributed by atoms with E-state index in [0.29, 0.717) is 24.2 Å². The minimum Gasteiger partial charge on any atom is -0.393 e. The Kier molecular flexibility index (Phi) is 4.32. The summed E-state index contributed by atoms with van der Waals surface area (Å²) < 4.78 is 0. The topological polar surface area (TPSA) is 40.5 Å². The number of allylic oxidation sites excluding steroid dienone is 2. The first-order valence-electron chi connectivity index (χ1n) is 10.7. The van der Waals surface area contributed by atoms with Crippen LogP contribution < -0.4 is 0 Å². The average molecular weight is 357 g/mol. The average Bonchev–Trinajstić information content (AvgIpc) is 2.82. The fourth-order valence-electron chi connectivity index (χ4n) is 7.71. The number of aliphatic hydroxyl groups excluding tert-OH is 1. The molecule has 2 heteroatoms. The molecular weight excluding hydrogens is 320 g/mol. The van der Waals surface area contributed by atoms with Crippen LogP contribution in [0.15, 0.2) is 36.0 Å². The van der Waals surface area contributed by atoms with Gasteiger partial charge in [0.05, 0.1) is 11.7 Å². The van der Waals surface area contributed by atoms with Crippen molar-refractivity contribution in [1.82, 2.24) is 0 Å². The lowest BCUT2D eigenvalue weighted by molar-refractivity contribution is -0.0299. The second-order valence-corrected chi connectivity index (χ2v) is 10.0. The van der Waals surface area contributed by atoms with Crippen molar-refractivity contribution in [2.45, 2.75) is 83.8 Å². The predicted molar refractivity (Wildman–Crippen MR) is 107 cm³/mol. The maximum Gasteiger partial charge on any atom is 0.0899 e. The van der Waals surface area contributed by atoms with Crippen molar-refractivity contribution in [1.29, 1.82) is 0 Å². The first-order chi connectivity index (χ1) is 12.3. The smallest absolute Gasteiger partial charge is 0.0899 e. The normalized spacial score (nSPS) is 52.0. The van der Waals surface area contributed by atoms with Crippen molar-refractivity contribution in [3.63, 3.8) is 0 Å². The highest BCUT2D eigenvalue weighted by molar-refractivity contribution is 5.36. The molecule has 0 aromatic rings.